The third-order valence-electron chi connectivity index (χ3n) is 3.46. The predicted octanol–water partition coefficient (Wildman–Crippen LogP) is 3.80. The molecule has 1 fully saturated rings. The van der Waals surface area contributed by atoms with Crippen LogP contribution in [0.1, 0.15) is 31.7 Å². The van der Waals surface area contributed by atoms with E-state index in [1.54, 1.807) is 0 Å². The van der Waals surface area contributed by atoms with E-state index >= 15 is 0 Å². The van der Waals surface area contributed by atoms with Crippen molar-refractivity contribution in [2.75, 3.05) is 13.1 Å². The number of hydrogen-bond acceptors (Lipinski definition) is 1. The SMILES string of the molecule is CCCNCC1(Cc2ccc(F)cc2Cl)CC1. The quantitative estimate of drug-likeness (QED) is 0.763. The van der Waals surface area contributed by atoms with Gasteiger partial charge in [0, 0.05) is 11.6 Å². The van der Waals surface area contributed by atoms with Crippen LogP contribution in [0.5, 0.6) is 0 Å². The Morgan fingerprint density at radius 3 is 2.76 bits per heavy atom. The number of benzene rings is 1. The van der Waals surface area contributed by atoms with Crippen LogP contribution < -0.4 is 5.32 Å². The van der Waals surface area contributed by atoms with Gasteiger partial charge in [0.15, 0.2) is 0 Å². The average molecular weight is 256 g/mol. The van der Waals surface area contributed by atoms with Crippen LogP contribution in [0.3, 0.4) is 0 Å². The Balaban J connectivity index is 1.95. The van der Waals surface area contributed by atoms with Gasteiger partial charge in [0.05, 0.1) is 0 Å². The molecule has 17 heavy (non-hydrogen) atoms. The highest BCUT2D eigenvalue weighted by Crippen LogP contribution is 2.48. The first-order valence-corrected chi connectivity index (χ1v) is 6.68. The van der Waals surface area contributed by atoms with Crippen LogP contribution >= 0.6 is 11.6 Å². The third-order valence-corrected chi connectivity index (χ3v) is 3.82. The fourth-order valence-electron chi connectivity index (χ4n) is 2.19. The molecule has 1 nitrogen and oxygen atoms in total. The van der Waals surface area contributed by atoms with Crippen molar-refractivity contribution in [3.8, 4) is 0 Å². The average Bonchev–Trinajstić information content (AvgIpc) is 3.03. The van der Waals surface area contributed by atoms with Gasteiger partial charge in [-0.25, -0.2) is 4.39 Å². The molecule has 0 amide bonds. The minimum absolute atomic E-state index is 0.257. The maximum absolute atomic E-state index is 12.9. The second-order valence-electron chi connectivity index (χ2n) is 5.09. The van der Waals surface area contributed by atoms with E-state index in [0.29, 0.717) is 10.4 Å². The van der Waals surface area contributed by atoms with Crippen LogP contribution in [0.4, 0.5) is 4.39 Å². The lowest BCUT2D eigenvalue weighted by atomic mass is 9.96. The first-order valence-electron chi connectivity index (χ1n) is 6.30. The van der Waals surface area contributed by atoms with Crippen molar-refractivity contribution in [2.24, 2.45) is 5.41 Å². The standard InChI is InChI=1S/C14H19ClFN/c1-2-7-17-10-14(5-6-14)9-11-3-4-12(16)8-13(11)15/h3-4,8,17H,2,5-7,9-10H2,1H3. The van der Waals surface area contributed by atoms with E-state index < -0.39 is 0 Å². The van der Waals surface area contributed by atoms with Crippen molar-refractivity contribution in [2.45, 2.75) is 32.6 Å². The molecule has 0 aromatic heterocycles. The van der Waals surface area contributed by atoms with Crippen LogP contribution in [0, 0.1) is 11.2 Å². The zero-order chi connectivity index (χ0) is 12.3. The Morgan fingerprint density at radius 1 is 1.41 bits per heavy atom. The van der Waals surface area contributed by atoms with Gasteiger partial charge in [0.2, 0.25) is 0 Å². The second-order valence-corrected chi connectivity index (χ2v) is 5.50. The third kappa shape index (κ3) is 3.43. The Bertz CT molecular complexity index is 388. The predicted molar refractivity (Wildman–Crippen MR) is 69.9 cm³/mol. The van der Waals surface area contributed by atoms with E-state index in [4.69, 9.17) is 11.6 Å². The lowest BCUT2D eigenvalue weighted by molar-refractivity contribution is 0.455. The molecule has 1 saturated carbocycles. The molecule has 1 aromatic carbocycles. The van der Waals surface area contributed by atoms with Crippen molar-refractivity contribution < 1.29 is 4.39 Å². The van der Waals surface area contributed by atoms with Crippen molar-refractivity contribution in [1.29, 1.82) is 0 Å². The fraction of sp³-hybridized carbons (Fsp3) is 0.571. The van der Waals surface area contributed by atoms with Gasteiger partial charge in [0.25, 0.3) is 0 Å². The molecule has 2 rings (SSSR count). The zero-order valence-corrected chi connectivity index (χ0v) is 11.0. The molecular weight excluding hydrogens is 237 g/mol. The number of rotatable bonds is 6. The maximum Gasteiger partial charge on any atom is 0.124 e. The molecule has 0 spiro atoms. The summed E-state index contributed by atoms with van der Waals surface area (Å²) in [4.78, 5) is 0. The van der Waals surface area contributed by atoms with Gasteiger partial charge < -0.3 is 5.32 Å². The fourth-order valence-corrected chi connectivity index (χ4v) is 2.43. The first-order chi connectivity index (χ1) is 8.15. The topological polar surface area (TPSA) is 12.0 Å². The molecule has 94 valence electrons. The van der Waals surface area contributed by atoms with Crippen molar-refractivity contribution in [3.05, 3.63) is 34.6 Å². The van der Waals surface area contributed by atoms with Gasteiger partial charge in [-0.05, 0) is 55.3 Å². The minimum atomic E-state index is -0.257. The van der Waals surface area contributed by atoms with E-state index in [0.717, 1.165) is 31.5 Å². The van der Waals surface area contributed by atoms with Gasteiger partial charge >= 0.3 is 0 Å². The highest BCUT2D eigenvalue weighted by atomic mass is 35.5. The Morgan fingerprint density at radius 2 is 2.18 bits per heavy atom. The van der Waals surface area contributed by atoms with Gasteiger partial charge in [-0.1, -0.05) is 24.6 Å². The molecule has 0 unspecified atom stereocenters. The minimum Gasteiger partial charge on any atom is -0.316 e. The highest BCUT2D eigenvalue weighted by molar-refractivity contribution is 6.31. The summed E-state index contributed by atoms with van der Waals surface area (Å²) in [7, 11) is 0. The largest absolute Gasteiger partial charge is 0.316 e. The first kappa shape index (κ1) is 12.8. The van der Waals surface area contributed by atoms with E-state index in [9.17, 15) is 4.39 Å². The smallest absolute Gasteiger partial charge is 0.124 e. The van der Waals surface area contributed by atoms with Crippen LogP contribution in [-0.2, 0) is 6.42 Å². The molecule has 1 aromatic rings. The van der Waals surface area contributed by atoms with Gasteiger partial charge in [0.1, 0.15) is 5.82 Å². The molecule has 0 saturated heterocycles. The van der Waals surface area contributed by atoms with Gasteiger partial charge in [-0.2, -0.15) is 0 Å². The van der Waals surface area contributed by atoms with E-state index in [1.807, 2.05) is 6.07 Å². The lowest BCUT2D eigenvalue weighted by Gasteiger charge is -2.16. The number of halogens is 2. The van der Waals surface area contributed by atoms with E-state index in [-0.39, 0.29) is 5.82 Å². The molecule has 0 heterocycles. The zero-order valence-electron chi connectivity index (χ0n) is 10.2. The number of hydrogen-bond donors (Lipinski definition) is 1. The molecular formula is C14H19ClFN. The summed E-state index contributed by atoms with van der Waals surface area (Å²) in [6, 6.07) is 4.72. The number of nitrogens with one attached hydrogen (secondary N) is 1. The molecule has 0 aliphatic heterocycles. The van der Waals surface area contributed by atoms with Crippen molar-refractivity contribution in [3.63, 3.8) is 0 Å². The lowest BCUT2D eigenvalue weighted by Crippen LogP contribution is -2.26. The molecule has 1 N–H and O–H groups in total. The van der Waals surface area contributed by atoms with Gasteiger partial charge in [-0.3, -0.25) is 0 Å². The van der Waals surface area contributed by atoms with Crippen LogP contribution in [-0.4, -0.2) is 13.1 Å². The Hall–Kier alpha value is -0.600. The van der Waals surface area contributed by atoms with E-state index in [1.165, 1.54) is 25.0 Å². The van der Waals surface area contributed by atoms with Gasteiger partial charge in [-0.15, -0.1) is 0 Å². The summed E-state index contributed by atoms with van der Waals surface area (Å²) < 4.78 is 12.9. The van der Waals surface area contributed by atoms with Crippen LogP contribution in [0.25, 0.3) is 0 Å². The molecule has 1 aliphatic rings. The highest BCUT2D eigenvalue weighted by Gasteiger charge is 2.42. The van der Waals surface area contributed by atoms with Crippen molar-refractivity contribution in [1.82, 2.24) is 5.32 Å². The summed E-state index contributed by atoms with van der Waals surface area (Å²) in [5.74, 6) is -0.257. The monoisotopic (exact) mass is 255 g/mol. The Labute approximate surface area is 107 Å². The molecule has 0 atom stereocenters. The van der Waals surface area contributed by atoms with Crippen LogP contribution in [0.2, 0.25) is 5.02 Å². The van der Waals surface area contributed by atoms with E-state index in [2.05, 4.69) is 12.2 Å². The molecule has 1 aliphatic carbocycles. The van der Waals surface area contributed by atoms with Crippen LogP contribution in [0.15, 0.2) is 18.2 Å². The molecule has 3 heteroatoms. The summed E-state index contributed by atoms with van der Waals surface area (Å²) in [6.07, 6.45) is 4.62. The normalized spacial score (nSPS) is 17.1. The maximum atomic E-state index is 12.9. The Kier molecular flexibility index (Phi) is 4.05. The second kappa shape index (κ2) is 5.36. The van der Waals surface area contributed by atoms with Crippen molar-refractivity contribution >= 4 is 11.6 Å². The molecule has 0 bridgehead atoms. The summed E-state index contributed by atoms with van der Waals surface area (Å²) in [5, 5.41) is 4.03. The summed E-state index contributed by atoms with van der Waals surface area (Å²) >= 11 is 6.06. The summed E-state index contributed by atoms with van der Waals surface area (Å²) in [5.41, 5.74) is 1.44. The summed E-state index contributed by atoms with van der Waals surface area (Å²) in [6.45, 7) is 4.29. The molecule has 0 radical (unpaired) electrons.